The summed E-state index contributed by atoms with van der Waals surface area (Å²) in [5, 5.41) is 7.22. The number of benzene rings is 1. The number of hydrogen-bond donors (Lipinski definition) is 2. The Labute approximate surface area is 89.9 Å². The van der Waals surface area contributed by atoms with Crippen LogP contribution in [-0.4, -0.2) is 12.6 Å². The average molecular weight is 204 g/mol. The lowest BCUT2D eigenvalue weighted by Crippen LogP contribution is -2.30. The maximum Gasteiger partial charge on any atom is 0.169 e. The highest BCUT2D eigenvalue weighted by atomic mass is 15.3. The van der Waals surface area contributed by atoms with Crippen LogP contribution in [0.25, 0.3) is 0 Å². The molecule has 0 radical (unpaired) electrons. The first-order valence-electron chi connectivity index (χ1n) is 4.79. The van der Waals surface area contributed by atoms with Crippen molar-refractivity contribution in [2.45, 2.75) is 19.8 Å². The van der Waals surface area contributed by atoms with Gasteiger partial charge in [0.1, 0.15) is 0 Å². The van der Waals surface area contributed by atoms with Crippen LogP contribution in [0.1, 0.15) is 30.9 Å². The summed E-state index contributed by atoms with van der Waals surface area (Å²) in [6, 6.07) is 8.02. The van der Waals surface area contributed by atoms with E-state index in [-0.39, 0.29) is 0 Å². The van der Waals surface area contributed by atoms with Crippen molar-refractivity contribution < 1.29 is 0 Å². The van der Waals surface area contributed by atoms with Crippen LogP contribution in [0.4, 0.5) is 0 Å². The van der Waals surface area contributed by atoms with Crippen LogP contribution in [0, 0.1) is 0 Å². The van der Waals surface area contributed by atoms with Crippen LogP contribution in [0.3, 0.4) is 0 Å². The van der Waals surface area contributed by atoms with Crippen molar-refractivity contribution in [2.75, 3.05) is 0 Å². The maximum absolute atomic E-state index is 5.32. The third-order valence-electron chi connectivity index (χ3n) is 2.16. The third kappa shape index (κ3) is 2.89. The van der Waals surface area contributed by atoms with Gasteiger partial charge in [-0.15, -0.1) is 5.10 Å². The molecule has 0 saturated carbocycles. The monoisotopic (exact) mass is 204 g/mol. The fourth-order valence-corrected chi connectivity index (χ4v) is 1.27. The molecular formula is C11H16N4. The molecule has 0 aliphatic heterocycles. The Morgan fingerprint density at radius 2 is 1.93 bits per heavy atom. The summed E-state index contributed by atoms with van der Waals surface area (Å²) < 4.78 is 0. The summed E-state index contributed by atoms with van der Waals surface area (Å²) in [5.74, 6) is 6.35. The van der Waals surface area contributed by atoms with Crippen molar-refractivity contribution >= 4 is 12.6 Å². The molecule has 4 nitrogen and oxygen atoms in total. The van der Waals surface area contributed by atoms with Crippen LogP contribution in [0.15, 0.2) is 34.5 Å². The van der Waals surface area contributed by atoms with Crippen molar-refractivity contribution in [3.05, 3.63) is 35.4 Å². The summed E-state index contributed by atoms with van der Waals surface area (Å²) in [5.41, 5.74) is 4.66. The van der Waals surface area contributed by atoms with Crippen LogP contribution < -0.4 is 11.3 Å². The highest BCUT2D eigenvalue weighted by Gasteiger charge is 2.03. The van der Waals surface area contributed by atoms with Gasteiger partial charge in [0.25, 0.3) is 0 Å². The second kappa shape index (κ2) is 5.26. The minimum Gasteiger partial charge on any atom is -0.306 e. The van der Waals surface area contributed by atoms with E-state index in [1.165, 1.54) is 5.56 Å². The predicted octanol–water partition coefficient (Wildman–Crippen LogP) is 1.64. The van der Waals surface area contributed by atoms with Crippen LogP contribution in [0.5, 0.6) is 0 Å². The predicted molar refractivity (Wildman–Crippen MR) is 63.9 cm³/mol. The number of hydrogen-bond acceptors (Lipinski definition) is 3. The summed E-state index contributed by atoms with van der Waals surface area (Å²) in [4.78, 5) is 0. The summed E-state index contributed by atoms with van der Waals surface area (Å²) in [7, 11) is 0. The summed E-state index contributed by atoms with van der Waals surface area (Å²) in [6.45, 7) is 7.59. The second-order valence-corrected chi connectivity index (χ2v) is 3.51. The Bertz CT molecular complexity index is 351. The number of nitrogens with two attached hydrogens (primary N) is 1. The molecule has 0 heterocycles. The molecule has 0 fully saturated rings. The quantitative estimate of drug-likeness (QED) is 0.340. The Kier molecular flexibility index (Phi) is 4.00. The molecule has 1 aromatic carbocycles. The van der Waals surface area contributed by atoms with Crippen LogP contribution in [-0.2, 0) is 0 Å². The van der Waals surface area contributed by atoms with Gasteiger partial charge in [-0.2, -0.15) is 5.10 Å². The van der Waals surface area contributed by atoms with Gasteiger partial charge in [0.05, 0.1) is 0 Å². The molecule has 0 aliphatic rings. The largest absolute Gasteiger partial charge is 0.306 e. The van der Waals surface area contributed by atoms with Crippen molar-refractivity contribution in [1.82, 2.24) is 5.43 Å². The molecule has 3 N–H and O–H groups in total. The van der Waals surface area contributed by atoms with Gasteiger partial charge in [-0.1, -0.05) is 38.1 Å². The Morgan fingerprint density at radius 1 is 1.33 bits per heavy atom. The topological polar surface area (TPSA) is 62.8 Å². The molecule has 0 amide bonds. The number of nitrogens with one attached hydrogen (secondary N) is 1. The van der Waals surface area contributed by atoms with Crippen LogP contribution in [0.2, 0.25) is 0 Å². The van der Waals surface area contributed by atoms with E-state index < -0.39 is 0 Å². The molecule has 15 heavy (non-hydrogen) atoms. The smallest absolute Gasteiger partial charge is 0.169 e. The van der Waals surface area contributed by atoms with Gasteiger partial charge in [0.15, 0.2) is 5.84 Å². The zero-order valence-electron chi connectivity index (χ0n) is 9.07. The standard InChI is InChI=1S/C11H16N4/c1-8(2)9-4-6-10(7-5-9)11(14-12)15-13-3/h4-8H,3,12H2,1-2H3,(H,14,15). The summed E-state index contributed by atoms with van der Waals surface area (Å²) >= 11 is 0. The lowest BCUT2D eigenvalue weighted by atomic mass is 10.0. The van der Waals surface area contributed by atoms with E-state index in [0.29, 0.717) is 11.8 Å². The van der Waals surface area contributed by atoms with E-state index in [1.54, 1.807) is 0 Å². The fraction of sp³-hybridized carbons (Fsp3) is 0.273. The molecule has 0 aromatic heterocycles. The van der Waals surface area contributed by atoms with E-state index in [9.17, 15) is 0 Å². The number of amidine groups is 1. The highest BCUT2D eigenvalue weighted by molar-refractivity contribution is 5.98. The van der Waals surface area contributed by atoms with E-state index >= 15 is 0 Å². The number of nitrogens with zero attached hydrogens (tertiary/aromatic N) is 2. The van der Waals surface area contributed by atoms with E-state index in [1.807, 2.05) is 12.1 Å². The summed E-state index contributed by atoms with van der Waals surface area (Å²) in [6.07, 6.45) is 0. The highest BCUT2D eigenvalue weighted by Crippen LogP contribution is 2.14. The average Bonchev–Trinajstić information content (AvgIpc) is 2.26. The van der Waals surface area contributed by atoms with Gasteiger partial charge in [-0.25, -0.2) is 5.84 Å². The Balaban J connectivity index is 2.97. The molecule has 0 aliphatic carbocycles. The second-order valence-electron chi connectivity index (χ2n) is 3.51. The molecule has 4 heteroatoms. The first-order chi connectivity index (χ1) is 7.19. The minimum atomic E-state index is 0.514. The van der Waals surface area contributed by atoms with E-state index in [2.05, 4.69) is 48.3 Å². The normalized spacial score (nSPS) is 11.6. The van der Waals surface area contributed by atoms with Crippen molar-refractivity contribution in [3.8, 4) is 0 Å². The van der Waals surface area contributed by atoms with Crippen molar-refractivity contribution in [2.24, 2.45) is 16.0 Å². The molecule has 0 bridgehead atoms. The zero-order valence-corrected chi connectivity index (χ0v) is 9.07. The van der Waals surface area contributed by atoms with Gasteiger partial charge in [-0.05, 0) is 11.5 Å². The first-order valence-corrected chi connectivity index (χ1v) is 4.79. The molecule has 1 aromatic rings. The van der Waals surface area contributed by atoms with Gasteiger partial charge in [0.2, 0.25) is 0 Å². The molecule has 0 atom stereocenters. The van der Waals surface area contributed by atoms with Gasteiger partial charge in [0, 0.05) is 12.3 Å². The molecule has 0 spiro atoms. The Morgan fingerprint density at radius 3 is 2.33 bits per heavy atom. The molecule has 0 unspecified atom stereocenters. The molecule has 0 saturated heterocycles. The number of rotatable bonds is 3. The SMILES string of the molecule is C=N/N=C(\NN)c1ccc(C(C)C)cc1. The molecule has 1 rings (SSSR count). The molecule has 80 valence electrons. The number of hydrazine groups is 1. The first kappa shape index (κ1) is 11.4. The van der Waals surface area contributed by atoms with Gasteiger partial charge >= 0.3 is 0 Å². The third-order valence-corrected chi connectivity index (χ3v) is 2.16. The van der Waals surface area contributed by atoms with Crippen LogP contribution >= 0.6 is 0 Å². The van der Waals surface area contributed by atoms with E-state index in [4.69, 9.17) is 5.84 Å². The zero-order chi connectivity index (χ0) is 11.3. The minimum absolute atomic E-state index is 0.514. The maximum atomic E-state index is 5.32. The van der Waals surface area contributed by atoms with Gasteiger partial charge < -0.3 is 5.43 Å². The Hall–Kier alpha value is -1.68. The lowest BCUT2D eigenvalue weighted by molar-refractivity contribution is 0.866. The lowest BCUT2D eigenvalue weighted by Gasteiger charge is -2.07. The van der Waals surface area contributed by atoms with Crippen molar-refractivity contribution in [3.63, 3.8) is 0 Å². The van der Waals surface area contributed by atoms with Crippen molar-refractivity contribution in [1.29, 1.82) is 0 Å². The molecular weight excluding hydrogens is 188 g/mol. The fourth-order valence-electron chi connectivity index (χ4n) is 1.27. The van der Waals surface area contributed by atoms with E-state index in [0.717, 1.165) is 5.56 Å². The van der Waals surface area contributed by atoms with Gasteiger partial charge in [-0.3, -0.25) is 0 Å².